The molecule has 0 unspecified atom stereocenters. The quantitative estimate of drug-likeness (QED) is 0.703. The molecule has 1 rings (SSSR count). The summed E-state index contributed by atoms with van der Waals surface area (Å²) in [6.07, 6.45) is 4.25. The number of hydrazine groups is 1. The first-order chi connectivity index (χ1) is 6.33. The van der Waals surface area contributed by atoms with Crippen molar-refractivity contribution in [2.75, 3.05) is 20.6 Å². The van der Waals surface area contributed by atoms with E-state index in [2.05, 4.69) is 29.7 Å². The molecule has 0 atom stereocenters. The van der Waals surface area contributed by atoms with Crippen LogP contribution < -0.4 is 5.43 Å². The van der Waals surface area contributed by atoms with Crippen molar-refractivity contribution in [3.63, 3.8) is 0 Å². The summed E-state index contributed by atoms with van der Waals surface area (Å²) in [5.74, 6) is 0. The lowest BCUT2D eigenvalue weighted by Gasteiger charge is -2.10. The molecule has 0 aliphatic carbocycles. The topological polar surface area (TPSA) is 15.3 Å². The van der Waals surface area contributed by atoms with E-state index in [1.54, 1.807) is 0 Å². The summed E-state index contributed by atoms with van der Waals surface area (Å²) < 4.78 is 0. The van der Waals surface area contributed by atoms with Crippen LogP contribution in [0, 0.1) is 0 Å². The largest absolute Gasteiger partial charge is 0.258 e. The summed E-state index contributed by atoms with van der Waals surface area (Å²) in [4.78, 5) is 0. The highest BCUT2D eigenvalue weighted by Gasteiger charge is 1.87. The smallest absolute Gasteiger partial charge is 0.0311 e. The van der Waals surface area contributed by atoms with Crippen LogP contribution >= 0.6 is 0 Å². The van der Waals surface area contributed by atoms with Crippen LogP contribution in [0.1, 0.15) is 5.56 Å². The van der Waals surface area contributed by atoms with Crippen molar-refractivity contribution in [1.29, 1.82) is 0 Å². The lowest BCUT2D eigenvalue weighted by Crippen LogP contribution is -2.30. The van der Waals surface area contributed by atoms with Crippen molar-refractivity contribution >= 4 is 6.08 Å². The van der Waals surface area contributed by atoms with Crippen molar-refractivity contribution in [1.82, 2.24) is 10.4 Å². The van der Waals surface area contributed by atoms with Gasteiger partial charge in [0.25, 0.3) is 0 Å². The molecule has 0 radical (unpaired) electrons. The number of likely N-dealkylation sites (N-methyl/N-ethyl adjacent to an activating group) is 1. The Kier molecular flexibility index (Phi) is 4.23. The van der Waals surface area contributed by atoms with E-state index in [1.165, 1.54) is 5.56 Å². The minimum Gasteiger partial charge on any atom is -0.258 e. The first-order valence-electron chi connectivity index (χ1n) is 4.43. The van der Waals surface area contributed by atoms with Gasteiger partial charge in [-0.05, 0) is 12.6 Å². The van der Waals surface area contributed by atoms with E-state index in [4.69, 9.17) is 0 Å². The van der Waals surface area contributed by atoms with Gasteiger partial charge in [0.05, 0.1) is 0 Å². The maximum Gasteiger partial charge on any atom is 0.0311 e. The normalized spacial score (nSPS) is 11.3. The molecule has 0 heterocycles. The first kappa shape index (κ1) is 9.96. The van der Waals surface area contributed by atoms with E-state index >= 15 is 0 Å². The third-order valence-corrected chi connectivity index (χ3v) is 1.87. The van der Waals surface area contributed by atoms with Crippen molar-refractivity contribution < 1.29 is 0 Å². The van der Waals surface area contributed by atoms with Crippen LogP contribution in [0.25, 0.3) is 6.08 Å². The molecule has 0 saturated heterocycles. The highest BCUT2D eigenvalue weighted by Crippen LogP contribution is 2.00. The van der Waals surface area contributed by atoms with E-state index < -0.39 is 0 Å². The van der Waals surface area contributed by atoms with E-state index in [0.717, 1.165) is 6.54 Å². The molecule has 0 aliphatic heterocycles. The molecule has 1 aromatic carbocycles. The Hall–Kier alpha value is -1.12. The van der Waals surface area contributed by atoms with Gasteiger partial charge in [-0.2, -0.15) is 0 Å². The predicted octanol–water partition coefficient (Wildman–Crippen LogP) is 1.77. The Morgan fingerprint density at radius 3 is 2.62 bits per heavy atom. The second kappa shape index (κ2) is 5.51. The molecule has 0 aliphatic rings. The van der Waals surface area contributed by atoms with E-state index in [9.17, 15) is 0 Å². The van der Waals surface area contributed by atoms with Crippen LogP contribution in [0.5, 0.6) is 0 Å². The van der Waals surface area contributed by atoms with Crippen LogP contribution in [0.2, 0.25) is 0 Å². The van der Waals surface area contributed by atoms with Crippen LogP contribution in [-0.2, 0) is 0 Å². The van der Waals surface area contributed by atoms with Gasteiger partial charge in [0.1, 0.15) is 0 Å². The second-order valence-corrected chi connectivity index (χ2v) is 2.92. The minimum atomic E-state index is 0.908. The van der Waals surface area contributed by atoms with Gasteiger partial charge in [-0.1, -0.05) is 42.5 Å². The highest BCUT2D eigenvalue weighted by molar-refractivity contribution is 5.48. The van der Waals surface area contributed by atoms with E-state index in [1.807, 2.05) is 37.3 Å². The summed E-state index contributed by atoms with van der Waals surface area (Å²) in [7, 11) is 3.92. The third-order valence-electron chi connectivity index (χ3n) is 1.87. The van der Waals surface area contributed by atoms with Gasteiger partial charge in [0.2, 0.25) is 0 Å². The number of hydrogen-bond donors (Lipinski definition) is 1. The molecule has 0 saturated carbocycles. The summed E-state index contributed by atoms with van der Waals surface area (Å²) in [6.45, 7) is 0.908. The Morgan fingerprint density at radius 1 is 1.31 bits per heavy atom. The number of nitrogens with one attached hydrogen (secondary N) is 1. The van der Waals surface area contributed by atoms with E-state index in [-0.39, 0.29) is 0 Å². The zero-order chi connectivity index (χ0) is 9.52. The highest BCUT2D eigenvalue weighted by atomic mass is 15.5. The third kappa shape index (κ3) is 3.87. The molecule has 2 heteroatoms. The lowest BCUT2D eigenvalue weighted by molar-refractivity contribution is 0.290. The van der Waals surface area contributed by atoms with Crippen molar-refractivity contribution in [2.45, 2.75) is 0 Å². The number of rotatable bonds is 4. The van der Waals surface area contributed by atoms with E-state index in [0.29, 0.717) is 0 Å². The van der Waals surface area contributed by atoms with Gasteiger partial charge in [-0.15, -0.1) is 0 Å². The molecule has 0 amide bonds. The average molecular weight is 176 g/mol. The zero-order valence-electron chi connectivity index (χ0n) is 8.20. The molecule has 2 nitrogen and oxygen atoms in total. The standard InChI is InChI=1S/C11H16N2/c1-12-13(2)10-6-9-11-7-4-3-5-8-11/h3-9,12H,10H2,1-2H3. The number of hydrogen-bond acceptors (Lipinski definition) is 2. The SMILES string of the molecule is CNN(C)CC=Cc1ccccc1. The summed E-state index contributed by atoms with van der Waals surface area (Å²) >= 11 is 0. The average Bonchev–Trinajstić information content (AvgIpc) is 2.19. The molecular formula is C11H16N2. The van der Waals surface area contributed by atoms with Crippen LogP contribution in [0.3, 0.4) is 0 Å². The fourth-order valence-corrected chi connectivity index (χ4v) is 1.00. The number of benzene rings is 1. The summed E-state index contributed by atoms with van der Waals surface area (Å²) in [6, 6.07) is 10.3. The van der Waals surface area contributed by atoms with Crippen LogP contribution in [0.15, 0.2) is 36.4 Å². The van der Waals surface area contributed by atoms with Gasteiger partial charge >= 0.3 is 0 Å². The zero-order valence-corrected chi connectivity index (χ0v) is 8.20. The summed E-state index contributed by atoms with van der Waals surface area (Å²) in [5, 5.41) is 2.01. The second-order valence-electron chi connectivity index (χ2n) is 2.92. The van der Waals surface area contributed by atoms with Gasteiger partial charge in [0.15, 0.2) is 0 Å². The molecule has 0 fully saturated rings. The Morgan fingerprint density at radius 2 is 2.00 bits per heavy atom. The molecular weight excluding hydrogens is 160 g/mol. The lowest BCUT2D eigenvalue weighted by atomic mass is 10.2. The molecule has 1 N–H and O–H groups in total. The maximum absolute atomic E-state index is 3.03. The van der Waals surface area contributed by atoms with Crippen LogP contribution in [0.4, 0.5) is 0 Å². The maximum atomic E-state index is 3.03. The van der Waals surface area contributed by atoms with Crippen molar-refractivity contribution in [3.8, 4) is 0 Å². The van der Waals surface area contributed by atoms with Gasteiger partial charge < -0.3 is 0 Å². The Balaban J connectivity index is 2.41. The Labute approximate surface area is 79.8 Å². The minimum absolute atomic E-state index is 0.908. The van der Waals surface area contributed by atoms with Gasteiger partial charge in [0, 0.05) is 13.6 Å². The number of nitrogens with zero attached hydrogens (tertiary/aromatic N) is 1. The predicted molar refractivity (Wildman–Crippen MR) is 57.2 cm³/mol. The molecule has 0 aromatic heterocycles. The molecule has 70 valence electrons. The Bertz CT molecular complexity index is 254. The van der Waals surface area contributed by atoms with Gasteiger partial charge in [-0.3, -0.25) is 5.43 Å². The molecule has 13 heavy (non-hydrogen) atoms. The summed E-state index contributed by atoms with van der Waals surface area (Å²) in [5.41, 5.74) is 4.28. The van der Waals surface area contributed by atoms with Crippen LogP contribution in [-0.4, -0.2) is 25.6 Å². The molecule has 0 spiro atoms. The van der Waals surface area contributed by atoms with Gasteiger partial charge in [-0.25, -0.2) is 5.01 Å². The fraction of sp³-hybridized carbons (Fsp3) is 0.273. The first-order valence-corrected chi connectivity index (χ1v) is 4.43. The monoisotopic (exact) mass is 176 g/mol. The van der Waals surface area contributed by atoms with Crippen molar-refractivity contribution in [3.05, 3.63) is 42.0 Å². The molecule has 1 aromatic rings. The fourth-order valence-electron chi connectivity index (χ4n) is 1.00. The molecule has 0 bridgehead atoms. The van der Waals surface area contributed by atoms with Crippen molar-refractivity contribution in [2.24, 2.45) is 0 Å².